The Morgan fingerprint density at radius 2 is 1.07 bits per heavy atom. The van der Waals surface area contributed by atoms with Crippen LogP contribution in [0.25, 0.3) is 0 Å². The van der Waals surface area contributed by atoms with Crippen LogP contribution in [0.3, 0.4) is 0 Å². The zero-order valence-electron chi connectivity index (χ0n) is 20.9. The van der Waals surface area contributed by atoms with Crippen LogP contribution in [-0.2, 0) is 52.8 Å². The first-order valence-electron chi connectivity index (χ1n) is 11.8. The first-order valence-corrected chi connectivity index (χ1v) is 14.5. The predicted octanol–water partition coefficient (Wildman–Crippen LogP) is -6.89. The molecule has 3 saturated heterocycles. The fraction of sp³-hybridized carbons (Fsp3) is 1.00. The molecule has 0 aliphatic carbocycles. The number of aliphatic hydroxyl groups excluding tert-OH is 8. The molecule has 3 rings (SSSR count). The van der Waals surface area contributed by atoms with E-state index in [-0.39, 0.29) is 0 Å². The molecule has 0 aromatic rings. The summed E-state index contributed by atoms with van der Waals surface area (Å²) in [6, 6.07) is 0. The third-order valence-electron chi connectivity index (χ3n) is 6.46. The van der Waals surface area contributed by atoms with E-state index in [4.69, 9.17) is 32.8 Å². The Balaban J connectivity index is 1.91. The molecule has 0 aromatic heterocycles. The van der Waals surface area contributed by atoms with Gasteiger partial charge in [0.1, 0.15) is 67.1 Å². The van der Waals surface area contributed by atoms with Gasteiger partial charge in [0.2, 0.25) is 0 Å². The lowest BCUT2D eigenvalue weighted by atomic mass is 9.96. The highest BCUT2D eigenvalue weighted by molar-refractivity contribution is 7.81. The Labute approximate surface area is 232 Å². The Hall–Kier alpha value is -0.780. The Bertz CT molecular complexity index is 1070. The minimum absolute atomic E-state index is 1.13. The van der Waals surface area contributed by atoms with Crippen LogP contribution in [0, 0.1) is 0 Å². The number of hydrogen-bond donors (Lipinski definition) is 10. The van der Waals surface area contributed by atoms with Crippen molar-refractivity contribution in [2.24, 2.45) is 0 Å². The molecule has 0 amide bonds. The molecule has 0 bridgehead atoms. The minimum atomic E-state index is -5.10. The van der Waals surface area contributed by atoms with E-state index in [1.165, 1.54) is 6.92 Å². The van der Waals surface area contributed by atoms with Gasteiger partial charge in [0.25, 0.3) is 0 Å². The van der Waals surface area contributed by atoms with E-state index < -0.39 is 126 Å². The topological polar surface area (TPSA) is 335 Å². The summed E-state index contributed by atoms with van der Waals surface area (Å²) < 4.78 is 97.0. The standard InChI is InChI=1S/C18H32O21S2/c1-4-7(19)9(21)13(25)17(35-4)39-15-10(22)8(20)5(2-33-40(27,28)29)37-18(15)38-14-6(3-34-41(30,31)32)36-16(26)12(24)11(14)23/h4-26H,2-3H2,1H3,(H,27,28,29)(H,30,31,32)/t4-,5+,6+,7+,8-,9+,10-,11+,12+,13-,14+,15+,16?,17-,18-/m0/s1. The second-order valence-electron chi connectivity index (χ2n) is 9.38. The molecule has 23 heteroatoms. The Kier molecular flexibility index (Phi) is 11.4. The maximum atomic E-state index is 11.1. The quantitative estimate of drug-likeness (QED) is 0.0983. The summed E-state index contributed by atoms with van der Waals surface area (Å²) in [6.45, 7) is -0.971. The largest absolute Gasteiger partial charge is 0.397 e. The van der Waals surface area contributed by atoms with Gasteiger partial charge in [-0.15, -0.1) is 0 Å². The van der Waals surface area contributed by atoms with Gasteiger partial charge in [0.15, 0.2) is 18.9 Å². The lowest BCUT2D eigenvalue weighted by Crippen LogP contribution is -2.66. The second kappa shape index (κ2) is 13.5. The maximum absolute atomic E-state index is 11.1. The van der Waals surface area contributed by atoms with Crippen molar-refractivity contribution < 1.29 is 98.8 Å². The molecule has 3 fully saturated rings. The van der Waals surface area contributed by atoms with Crippen LogP contribution in [0.15, 0.2) is 0 Å². The molecule has 0 radical (unpaired) electrons. The van der Waals surface area contributed by atoms with E-state index in [9.17, 15) is 57.7 Å². The molecule has 0 aromatic carbocycles. The van der Waals surface area contributed by atoms with Gasteiger partial charge >= 0.3 is 20.8 Å². The summed E-state index contributed by atoms with van der Waals surface area (Å²) in [4.78, 5) is 0. The zero-order chi connectivity index (χ0) is 31.0. The maximum Gasteiger partial charge on any atom is 0.397 e. The lowest BCUT2D eigenvalue weighted by molar-refractivity contribution is -0.385. The predicted molar refractivity (Wildman–Crippen MR) is 121 cm³/mol. The summed E-state index contributed by atoms with van der Waals surface area (Å²) in [5.74, 6) is 0. The van der Waals surface area contributed by atoms with E-state index in [0.717, 1.165) is 0 Å². The molecule has 3 aliphatic rings. The number of hydrogen-bond acceptors (Lipinski definition) is 19. The van der Waals surface area contributed by atoms with E-state index in [0.29, 0.717) is 0 Å². The molecule has 3 heterocycles. The van der Waals surface area contributed by atoms with Crippen molar-refractivity contribution in [2.75, 3.05) is 13.2 Å². The average molecular weight is 649 g/mol. The van der Waals surface area contributed by atoms with E-state index in [2.05, 4.69) is 8.37 Å². The number of ether oxygens (including phenoxy) is 5. The number of aliphatic hydroxyl groups is 8. The van der Waals surface area contributed by atoms with Crippen molar-refractivity contribution in [3.63, 3.8) is 0 Å². The van der Waals surface area contributed by atoms with Gasteiger partial charge in [0.05, 0.1) is 19.3 Å². The van der Waals surface area contributed by atoms with Crippen molar-refractivity contribution in [2.45, 2.75) is 99.0 Å². The molecule has 10 N–H and O–H groups in total. The van der Waals surface area contributed by atoms with Gasteiger partial charge in [-0.2, -0.15) is 16.8 Å². The van der Waals surface area contributed by atoms with Crippen LogP contribution >= 0.6 is 0 Å². The molecule has 41 heavy (non-hydrogen) atoms. The fourth-order valence-corrected chi connectivity index (χ4v) is 4.87. The zero-order valence-corrected chi connectivity index (χ0v) is 22.5. The van der Waals surface area contributed by atoms with Gasteiger partial charge in [-0.25, -0.2) is 8.37 Å². The second-order valence-corrected chi connectivity index (χ2v) is 11.6. The monoisotopic (exact) mass is 648 g/mol. The molecule has 1 unspecified atom stereocenters. The van der Waals surface area contributed by atoms with Crippen molar-refractivity contribution in [3.8, 4) is 0 Å². The van der Waals surface area contributed by atoms with Crippen LogP contribution in [0.1, 0.15) is 6.92 Å². The highest BCUT2D eigenvalue weighted by Gasteiger charge is 2.54. The molecule has 0 saturated carbocycles. The summed E-state index contributed by atoms with van der Waals surface area (Å²) >= 11 is 0. The van der Waals surface area contributed by atoms with Crippen LogP contribution in [0.4, 0.5) is 0 Å². The third kappa shape index (κ3) is 8.66. The fourth-order valence-electron chi connectivity index (χ4n) is 4.26. The third-order valence-corrected chi connectivity index (χ3v) is 7.33. The molecular weight excluding hydrogens is 616 g/mol. The highest BCUT2D eigenvalue weighted by atomic mass is 32.3. The lowest BCUT2D eigenvalue weighted by Gasteiger charge is -2.48. The normalized spacial score (nSPS) is 46.4. The first-order chi connectivity index (χ1) is 18.8. The summed E-state index contributed by atoms with van der Waals surface area (Å²) in [5.41, 5.74) is 0. The average Bonchev–Trinajstić information content (AvgIpc) is 2.87. The van der Waals surface area contributed by atoms with Crippen molar-refractivity contribution in [1.82, 2.24) is 0 Å². The van der Waals surface area contributed by atoms with Gasteiger partial charge in [-0.1, -0.05) is 0 Å². The Morgan fingerprint density at radius 3 is 1.63 bits per heavy atom. The molecule has 3 aliphatic heterocycles. The summed E-state index contributed by atoms with van der Waals surface area (Å²) in [5, 5.41) is 82.0. The van der Waals surface area contributed by atoms with Crippen LogP contribution < -0.4 is 0 Å². The highest BCUT2D eigenvalue weighted by Crippen LogP contribution is 2.33. The summed E-state index contributed by atoms with van der Waals surface area (Å²) in [7, 11) is -10.2. The minimum Gasteiger partial charge on any atom is -0.388 e. The van der Waals surface area contributed by atoms with Gasteiger partial charge in [-0.3, -0.25) is 9.11 Å². The molecule has 15 atom stereocenters. The van der Waals surface area contributed by atoms with Gasteiger partial charge < -0.3 is 64.5 Å². The smallest absolute Gasteiger partial charge is 0.388 e. The molecular formula is C18H32O21S2. The van der Waals surface area contributed by atoms with Crippen LogP contribution in [0.2, 0.25) is 0 Å². The SMILES string of the molecule is C[C@@H]1O[C@@H](O[C@H]2[C@H](O[C@H]3[C@H](O)[C@@H](O)C(O)O[C@@H]3COS(=O)(=O)O)O[C@H](COS(=O)(=O)O)[C@H](O)[C@@H]2O)[C@@H](O)[C@H](O)[C@@H]1O. The Morgan fingerprint density at radius 1 is 0.561 bits per heavy atom. The van der Waals surface area contributed by atoms with E-state index in [1.807, 2.05) is 0 Å². The van der Waals surface area contributed by atoms with Crippen molar-refractivity contribution in [1.29, 1.82) is 0 Å². The van der Waals surface area contributed by atoms with Crippen LogP contribution in [0.5, 0.6) is 0 Å². The van der Waals surface area contributed by atoms with Crippen molar-refractivity contribution in [3.05, 3.63) is 0 Å². The van der Waals surface area contributed by atoms with E-state index in [1.54, 1.807) is 0 Å². The molecule has 21 nitrogen and oxygen atoms in total. The van der Waals surface area contributed by atoms with Crippen molar-refractivity contribution >= 4 is 20.8 Å². The molecule has 242 valence electrons. The number of rotatable bonds is 10. The summed E-state index contributed by atoms with van der Waals surface area (Å²) in [6.07, 6.45) is -28.5. The van der Waals surface area contributed by atoms with Gasteiger partial charge in [0, 0.05) is 0 Å². The molecule has 0 spiro atoms. The van der Waals surface area contributed by atoms with Crippen LogP contribution in [-0.4, -0.2) is 172 Å². The van der Waals surface area contributed by atoms with Gasteiger partial charge in [-0.05, 0) is 6.92 Å². The first kappa shape index (κ1) is 34.7. The van der Waals surface area contributed by atoms with E-state index >= 15 is 0 Å².